The van der Waals surface area contributed by atoms with Crippen LogP contribution in [0.3, 0.4) is 0 Å². The highest BCUT2D eigenvalue weighted by atomic mass is 35.5. The van der Waals surface area contributed by atoms with Crippen LogP contribution in [-0.2, 0) is 0 Å². The van der Waals surface area contributed by atoms with Gasteiger partial charge in [-0.25, -0.2) is 4.98 Å². The Morgan fingerprint density at radius 1 is 1.08 bits per heavy atom. The summed E-state index contributed by atoms with van der Waals surface area (Å²) in [5.41, 5.74) is 2.26. The minimum Gasteiger partial charge on any atom is -0.350 e. The summed E-state index contributed by atoms with van der Waals surface area (Å²) >= 11 is 8.77. The van der Waals surface area contributed by atoms with Gasteiger partial charge < -0.3 is 10.6 Å². The largest absolute Gasteiger partial charge is 0.350 e. The van der Waals surface area contributed by atoms with E-state index in [4.69, 9.17) is 11.6 Å². The van der Waals surface area contributed by atoms with Gasteiger partial charge in [-0.3, -0.25) is 9.59 Å². The first-order valence-electron chi connectivity index (χ1n) is 7.86. The van der Waals surface area contributed by atoms with Crippen LogP contribution in [0.25, 0.3) is 10.6 Å². The molecule has 3 aromatic rings. The Morgan fingerprint density at radius 3 is 2.42 bits per heavy atom. The molecule has 0 saturated heterocycles. The SMILES string of the molecule is Cc1nc(-c2ccsc2)sc1C(=O)NCCNC(=O)c1ccc(Cl)cc1. The van der Waals surface area contributed by atoms with Gasteiger partial charge in [0.1, 0.15) is 9.88 Å². The number of thiazole rings is 1. The van der Waals surface area contributed by atoms with E-state index in [1.54, 1.807) is 35.6 Å². The van der Waals surface area contributed by atoms with Crippen LogP contribution in [0.2, 0.25) is 5.02 Å². The Bertz CT molecular complexity index is 905. The number of nitrogens with zero attached hydrogens (tertiary/aromatic N) is 1. The Labute approximate surface area is 164 Å². The van der Waals surface area contributed by atoms with Gasteiger partial charge in [-0.15, -0.1) is 11.3 Å². The molecule has 1 aromatic carbocycles. The monoisotopic (exact) mass is 405 g/mol. The van der Waals surface area contributed by atoms with Gasteiger partial charge >= 0.3 is 0 Å². The summed E-state index contributed by atoms with van der Waals surface area (Å²) in [7, 11) is 0. The molecule has 0 unspecified atom stereocenters. The molecule has 2 amide bonds. The van der Waals surface area contributed by atoms with E-state index in [2.05, 4.69) is 15.6 Å². The van der Waals surface area contributed by atoms with Crippen LogP contribution in [-0.4, -0.2) is 29.9 Å². The molecule has 0 aliphatic carbocycles. The molecule has 0 fully saturated rings. The lowest BCUT2D eigenvalue weighted by Gasteiger charge is -2.07. The first-order chi connectivity index (χ1) is 12.5. The van der Waals surface area contributed by atoms with Crippen molar-refractivity contribution in [3.63, 3.8) is 0 Å². The van der Waals surface area contributed by atoms with Crippen LogP contribution in [0.5, 0.6) is 0 Å². The minimum absolute atomic E-state index is 0.178. The molecule has 0 aliphatic heterocycles. The van der Waals surface area contributed by atoms with E-state index < -0.39 is 0 Å². The first kappa shape index (κ1) is 18.6. The fourth-order valence-corrected chi connectivity index (χ4v) is 4.07. The lowest BCUT2D eigenvalue weighted by molar-refractivity contribution is 0.0929. The second-order valence-electron chi connectivity index (χ2n) is 5.46. The molecule has 3 rings (SSSR count). The van der Waals surface area contributed by atoms with E-state index in [-0.39, 0.29) is 11.8 Å². The van der Waals surface area contributed by atoms with Gasteiger partial charge in [0.05, 0.1) is 5.69 Å². The molecule has 2 aromatic heterocycles. The molecule has 26 heavy (non-hydrogen) atoms. The van der Waals surface area contributed by atoms with Gasteiger partial charge in [-0.2, -0.15) is 11.3 Å². The molecule has 0 atom stereocenters. The second-order valence-corrected chi connectivity index (χ2v) is 7.68. The summed E-state index contributed by atoms with van der Waals surface area (Å²) in [5, 5.41) is 11.0. The predicted molar refractivity (Wildman–Crippen MR) is 106 cm³/mol. The van der Waals surface area contributed by atoms with Crippen molar-refractivity contribution in [1.29, 1.82) is 0 Å². The topological polar surface area (TPSA) is 71.1 Å². The zero-order chi connectivity index (χ0) is 18.5. The number of rotatable bonds is 6. The summed E-state index contributed by atoms with van der Waals surface area (Å²) in [6.45, 7) is 2.50. The standard InChI is InChI=1S/C18H16ClN3O2S2/c1-11-15(26-18(22-11)13-6-9-25-10-13)17(24)21-8-7-20-16(23)12-2-4-14(19)5-3-12/h2-6,9-10H,7-8H2,1H3,(H,20,23)(H,21,24). The van der Waals surface area contributed by atoms with Crippen LogP contribution in [0.1, 0.15) is 25.7 Å². The second kappa shape index (κ2) is 8.44. The Hall–Kier alpha value is -2.22. The van der Waals surface area contributed by atoms with E-state index in [1.165, 1.54) is 11.3 Å². The van der Waals surface area contributed by atoms with E-state index in [0.717, 1.165) is 10.6 Å². The number of aryl methyl sites for hydroxylation is 1. The van der Waals surface area contributed by atoms with Crippen molar-refractivity contribution in [3.05, 3.63) is 62.2 Å². The fourth-order valence-electron chi connectivity index (χ4n) is 2.25. The van der Waals surface area contributed by atoms with E-state index >= 15 is 0 Å². The van der Waals surface area contributed by atoms with Crippen molar-refractivity contribution < 1.29 is 9.59 Å². The molecule has 0 bridgehead atoms. The third-order valence-corrected chi connectivity index (χ3v) is 5.71. The number of carbonyl (C=O) groups excluding carboxylic acids is 2. The molecule has 2 N–H and O–H groups in total. The summed E-state index contributed by atoms with van der Waals surface area (Å²) in [6.07, 6.45) is 0. The third kappa shape index (κ3) is 4.49. The molecule has 0 spiro atoms. The molecule has 5 nitrogen and oxygen atoms in total. The number of thiophene rings is 1. The highest BCUT2D eigenvalue weighted by Crippen LogP contribution is 2.29. The maximum atomic E-state index is 12.3. The quantitative estimate of drug-likeness (QED) is 0.609. The van der Waals surface area contributed by atoms with Gasteiger partial charge in [0.2, 0.25) is 0 Å². The van der Waals surface area contributed by atoms with Crippen LogP contribution in [0, 0.1) is 6.92 Å². The average molecular weight is 406 g/mol. The number of carbonyl (C=O) groups is 2. The van der Waals surface area contributed by atoms with Gasteiger partial charge in [-0.1, -0.05) is 11.6 Å². The van der Waals surface area contributed by atoms with Crippen LogP contribution in [0.4, 0.5) is 0 Å². The van der Waals surface area contributed by atoms with Crippen LogP contribution in [0.15, 0.2) is 41.1 Å². The Morgan fingerprint density at radius 2 is 1.77 bits per heavy atom. The molecule has 2 heterocycles. The summed E-state index contributed by atoms with van der Waals surface area (Å²) in [5.74, 6) is -0.383. The number of amides is 2. The number of hydrogen-bond acceptors (Lipinski definition) is 5. The van der Waals surface area contributed by atoms with Crippen molar-refractivity contribution in [2.45, 2.75) is 6.92 Å². The molecular weight excluding hydrogens is 390 g/mol. The smallest absolute Gasteiger partial charge is 0.263 e. The average Bonchev–Trinajstić information content (AvgIpc) is 3.28. The maximum absolute atomic E-state index is 12.3. The maximum Gasteiger partial charge on any atom is 0.263 e. The van der Waals surface area contributed by atoms with Gasteiger partial charge in [0.25, 0.3) is 11.8 Å². The number of aromatic nitrogens is 1. The zero-order valence-electron chi connectivity index (χ0n) is 13.9. The lowest BCUT2D eigenvalue weighted by Crippen LogP contribution is -2.34. The number of nitrogens with one attached hydrogen (secondary N) is 2. The van der Waals surface area contributed by atoms with Gasteiger partial charge in [0.15, 0.2) is 0 Å². The summed E-state index contributed by atoms with van der Waals surface area (Å²) in [4.78, 5) is 29.4. The molecule has 0 saturated carbocycles. The van der Waals surface area contributed by atoms with Crippen LogP contribution >= 0.6 is 34.3 Å². The lowest BCUT2D eigenvalue weighted by atomic mass is 10.2. The van der Waals surface area contributed by atoms with E-state index in [0.29, 0.717) is 34.2 Å². The summed E-state index contributed by atoms with van der Waals surface area (Å²) in [6, 6.07) is 8.62. The first-order valence-corrected chi connectivity index (χ1v) is 10.0. The number of hydrogen-bond donors (Lipinski definition) is 2. The van der Waals surface area contributed by atoms with Crippen molar-refractivity contribution >= 4 is 46.1 Å². The van der Waals surface area contributed by atoms with Gasteiger partial charge in [0, 0.05) is 34.6 Å². The summed E-state index contributed by atoms with van der Waals surface area (Å²) < 4.78 is 0. The van der Waals surface area contributed by atoms with Crippen molar-refractivity contribution in [2.75, 3.05) is 13.1 Å². The third-order valence-electron chi connectivity index (χ3n) is 3.57. The molecular formula is C18H16ClN3O2S2. The molecule has 134 valence electrons. The molecule has 0 aliphatic rings. The molecule has 8 heteroatoms. The Balaban J connectivity index is 1.50. The predicted octanol–water partition coefficient (Wildman–Crippen LogP) is 3.99. The van der Waals surface area contributed by atoms with E-state index in [1.807, 2.05) is 23.8 Å². The number of halogens is 1. The fraction of sp³-hybridized carbons (Fsp3) is 0.167. The number of benzene rings is 1. The van der Waals surface area contributed by atoms with Gasteiger partial charge in [-0.05, 0) is 42.6 Å². The van der Waals surface area contributed by atoms with Crippen molar-refractivity contribution in [1.82, 2.24) is 15.6 Å². The highest BCUT2D eigenvalue weighted by molar-refractivity contribution is 7.17. The molecule has 0 radical (unpaired) electrons. The zero-order valence-corrected chi connectivity index (χ0v) is 16.3. The minimum atomic E-state index is -0.204. The van der Waals surface area contributed by atoms with Crippen LogP contribution < -0.4 is 10.6 Å². The van der Waals surface area contributed by atoms with E-state index in [9.17, 15) is 9.59 Å². The Kier molecular flexibility index (Phi) is 6.03. The van der Waals surface area contributed by atoms with Crippen molar-refractivity contribution in [2.24, 2.45) is 0 Å². The van der Waals surface area contributed by atoms with Crippen molar-refractivity contribution in [3.8, 4) is 10.6 Å². The highest BCUT2D eigenvalue weighted by Gasteiger charge is 2.16. The normalized spacial score (nSPS) is 10.5.